The van der Waals surface area contributed by atoms with Crippen molar-refractivity contribution in [1.29, 1.82) is 0 Å². The SMILES string of the molecule is Cc1ccc2[nH]c(C(=O)N3CCC[C@@H](C(=O)N4CCOCC4)C3)c(C)c2c1. The van der Waals surface area contributed by atoms with Crippen LogP contribution in [0.5, 0.6) is 0 Å². The first-order valence-corrected chi connectivity index (χ1v) is 9.79. The number of morpholine rings is 1. The number of carbonyl (C=O) groups excluding carboxylic acids is 2. The molecule has 144 valence electrons. The van der Waals surface area contributed by atoms with E-state index in [-0.39, 0.29) is 17.7 Å². The van der Waals surface area contributed by atoms with Crippen LogP contribution in [0.2, 0.25) is 0 Å². The summed E-state index contributed by atoms with van der Waals surface area (Å²) >= 11 is 0. The van der Waals surface area contributed by atoms with Gasteiger partial charge in [-0.25, -0.2) is 0 Å². The van der Waals surface area contributed by atoms with E-state index in [1.807, 2.05) is 28.9 Å². The number of ether oxygens (including phenoxy) is 1. The topological polar surface area (TPSA) is 65.6 Å². The molecule has 0 bridgehead atoms. The Morgan fingerprint density at radius 1 is 1.11 bits per heavy atom. The zero-order valence-corrected chi connectivity index (χ0v) is 16.1. The number of H-pyrrole nitrogens is 1. The summed E-state index contributed by atoms with van der Waals surface area (Å²) in [5.41, 5.74) is 3.80. The molecule has 6 nitrogen and oxygen atoms in total. The van der Waals surface area contributed by atoms with Crippen molar-refractivity contribution in [2.45, 2.75) is 26.7 Å². The standard InChI is InChI=1S/C21H27N3O3/c1-14-5-6-18-17(12-14)15(2)19(22-18)21(26)24-7-3-4-16(13-24)20(25)23-8-10-27-11-9-23/h5-6,12,16,22H,3-4,7-11,13H2,1-2H3/t16-/m1/s1. The molecule has 3 heterocycles. The molecular formula is C21H27N3O3. The van der Waals surface area contributed by atoms with Gasteiger partial charge in [0.25, 0.3) is 5.91 Å². The quantitative estimate of drug-likeness (QED) is 0.885. The Bertz CT molecular complexity index is 867. The highest BCUT2D eigenvalue weighted by molar-refractivity contribution is 6.01. The molecule has 1 aromatic carbocycles. The third-order valence-electron chi connectivity index (χ3n) is 5.81. The molecule has 0 unspecified atom stereocenters. The fourth-order valence-electron chi connectivity index (χ4n) is 4.22. The molecule has 2 saturated heterocycles. The number of fused-ring (bicyclic) bond motifs is 1. The van der Waals surface area contributed by atoms with E-state index >= 15 is 0 Å². The maximum Gasteiger partial charge on any atom is 0.270 e. The number of benzene rings is 1. The van der Waals surface area contributed by atoms with Crippen LogP contribution in [0, 0.1) is 19.8 Å². The number of nitrogens with one attached hydrogen (secondary N) is 1. The van der Waals surface area contributed by atoms with Gasteiger partial charge in [-0.1, -0.05) is 11.6 Å². The van der Waals surface area contributed by atoms with Gasteiger partial charge in [0.15, 0.2) is 0 Å². The van der Waals surface area contributed by atoms with E-state index in [4.69, 9.17) is 4.74 Å². The summed E-state index contributed by atoms with van der Waals surface area (Å²) in [7, 11) is 0. The summed E-state index contributed by atoms with van der Waals surface area (Å²) in [5, 5.41) is 1.09. The summed E-state index contributed by atoms with van der Waals surface area (Å²) in [4.78, 5) is 33.0. The van der Waals surface area contributed by atoms with Gasteiger partial charge in [0, 0.05) is 37.1 Å². The number of hydrogen-bond acceptors (Lipinski definition) is 3. The average Bonchev–Trinajstić information content (AvgIpc) is 3.03. The largest absolute Gasteiger partial charge is 0.378 e. The lowest BCUT2D eigenvalue weighted by molar-refractivity contribution is -0.141. The van der Waals surface area contributed by atoms with E-state index in [9.17, 15) is 9.59 Å². The van der Waals surface area contributed by atoms with Crippen LogP contribution in [-0.4, -0.2) is 66.0 Å². The van der Waals surface area contributed by atoms with Gasteiger partial charge in [0.05, 0.1) is 19.1 Å². The Balaban J connectivity index is 1.52. The first-order valence-electron chi connectivity index (χ1n) is 9.79. The lowest BCUT2D eigenvalue weighted by Gasteiger charge is -2.36. The Kier molecular flexibility index (Phi) is 4.91. The zero-order valence-electron chi connectivity index (χ0n) is 16.1. The maximum atomic E-state index is 13.2. The number of aromatic nitrogens is 1. The number of hydrogen-bond donors (Lipinski definition) is 1. The van der Waals surface area contributed by atoms with Crippen molar-refractivity contribution in [1.82, 2.24) is 14.8 Å². The lowest BCUT2D eigenvalue weighted by atomic mass is 9.95. The van der Waals surface area contributed by atoms with Crippen LogP contribution in [0.3, 0.4) is 0 Å². The monoisotopic (exact) mass is 369 g/mol. The highest BCUT2D eigenvalue weighted by atomic mass is 16.5. The van der Waals surface area contributed by atoms with Gasteiger partial charge in [-0.15, -0.1) is 0 Å². The van der Waals surface area contributed by atoms with Crippen LogP contribution in [0.25, 0.3) is 10.9 Å². The molecular weight excluding hydrogens is 342 g/mol. The van der Waals surface area contributed by atoms with Gasteiger partial charge >= 0.3 is 0 Å². The summed E-state index contributed by atoms with van der Waals surface area (Å²) in [6.07, 6.45) is 1.72. The predicted molar refractivity (Wildman–Crippen MR) is 104 cm³/mol. The number of rotatable bonds is 2. The van der Waals surface area contributed by atoms with Crippen LogP contribution in [0.15, 0.2) is 18.2 Å². The van der Waals surface area contributed by atoms with Crippen molar-refractivity contribution in [2.24, 2.45) is 5.92 Å². The molecule has 0 spiro atoms. The molecule has 0 aliphatic carbocycles. The molecule has 4 rings (SSSR count). The molecule has 2 amide bonds. The van der Waals surface area contributed by atoms with Crippen LogP contribution in [0.1, 0.15) is 34.5 Å². The summed E-state index contributed by atoms with van der Waals surface area (Å²) in [6, 6.07) is 6.18. The molecule has 6 heteroatoms. The summed E-state index contributed by atoms with van der Waals surface area (Å²) in [5.74, 6) is 0.0633. The van der Waals surface area contributed by atoms with Gasteiger partial charge in [0.1, 0.15) is 5.69 Å². The van der Waals surface area contributed by atoms with Gasteiger partial charge < -0.3 is 19.5 Å². The minimum Gasteiger partial charge on any atom is -0.378 e. The number of carbonyl (C=O) groups is 2. The average molecular weight is 369 g/mol. The summed E-state index contributed by atoms with van der Waals surface area (Å²) < 4.78 is 5.34. The highest BCUT2D eigenvalue weighted by Gasteiger charge is 2.33. The smallest absolute Gasteiger partial charge is 0.270 e. The molecule has 2 fully saturated rings. The van der Waals surface area contributed by atoms with Gasteiger partial charge in [-0.2, -0.15) is 0 Å². The van der Waals surface area contributed by atoms with E-state index < -0.39 is 0 Å². The highest BCUT2D eigenvalue weighted by Crippen LogP contribution is 2.26. The van der Waals surface area contributed by atoms with Gasteiger partial charge in [-0.05, 0) is 44.4 Å². The fraction of sp³-hybridized carbons (Fsp3) is 0.524. The van der Waals surface area contributed by atoms with E-state index in [0.29, 0.717) is 45.1 Å². The molecule has 1 atom stereocenters. The molecule has 1 aromatic heterocycles. The van der Waals surface area contributed by atoms with Crippen molar-refractivity contribution < 1.29 is 14.3 Å². The van der Waals surface area contributed by atoms with Crippen molar-refractivity contribution in [3.05, 3.63) is 35.0 Å². The zero-order chi connectivity index (χ0) is 19.0. The molecule has 2 aliphatic heterocycles. The normalized spacial score (nSPS) is 20.9. The Morgan fingerprint density at radius 3 is 2.67 bits per heavy atom. The van der Waals surface area contributed by atoms with Crippen LogP contribution in [0.4, 0.5) is 0 Å². The first-order chi connectivity index (χ1) is 13.0. The number of likely N-dealkylation sites (tertiary alicyclic amines) is 1. The Labute approximate surface area is 159 Å². The van der Waals surface area contributed by atoms with E-state index in [2.05, 4.69) is 18.0 Å². The second kappa shape index (κ2) is 7.35. The van der Waals surface area contributed by atoms with Crippen molar-refractivity contribution in [3.63, 3.8) is 0 Å². The van der Waals surface area contributed by atoms with Gasteiger partial charge in [-0.3, -0.25) is 9.59 Å². The van der Waals surface area contributed by atoms with E-state index in [0.717, 1.165) is 29.3 Å². The Hall–Kier alpha value is -2.34. The number of aromatic amines is 1. The minimum absolute atomic E-state index is 0.000769. The molecule has 1 N–H and O–H groups in total. The van der Waals surface area contributed by atoms with E-state index in [1.165, 1.54) is 5.56 Å². The van der Waals surface area contributed by atoms with Crippen molar-refractivity contribution >= 4 is 22.7 Å². The second-order valence-corrected chi connectivity index (χ2v) is 7.70. The summed E-state index contributed by atoms with van der Waals surface area (Å²) in [6.45, 7) is 7.78. The second-order valence-electron chi connectivity index (χ2n) is 7.70. The molecule has 2 aromatic rings. The van der Waals surface area contributed by atoms with E-state index in [1.54, 1.807) is 0 Å². The molecule has 0 radical (unpaired) electrons. The predicted octanol–water partition coefficient (Wildman–Crippen LogP) is 2.50. The van der Waals surface area contributed by atoms with Gasteiger partial charge in [0.2, 0.25) is 5.91 Å². The first kappa shape index (κ1) is 18.0. The number of nitrogens with zero attached hydrogens (tertiary/aromatic N) is 2. The van der Waals surface area contributed by atoms with Crippen molar-refractivity contribution in [3.8, 4) is 0 Å². The third-order valence-corrected chi connectivity index (χ3v) is 5.81. The molecule has 27 heavy (non-hydrogen) atoms. The van der Waals surface area contributed by atoms with Crippen LogP contribution in [-0.2, 0) is 9.53 Å². The molecule has 2 aliphatic rings. The van der Waals surface area contributed by atoms with Crippen LogP contribution >= 0.6 is 0 Å². The number of aryl methyl sites for hydroxylation is 2. The lowest BCUT2D eigenvalue weighted by Crippen LogP contribution is -2.49. The van der Waals surface area contributed by atoms with Crippen molar-refractivity contribution in [2.75, 3.05) is 39.4 Å². The molecule has 0 saturated carbocycles. The number of amides is 2. The third kappa shape index (κ3) is 3.46. The van der Waals surface area contributed by atoms with Crippen LogP contribution < -0.4 is 0 Å². The minimum atomic E-state index is -0.104. The number of piperidine rings is 1. The fourth-order valence-corrected chi connectivity index (χ4v) is 4.22. The maximum absolute atomic E-state index is 13.2. The Morgan fingerprint density at radius 2 is 1.89 bits per heavy atom.